The van der Waals surface area contributed by atoms with Crippen LogP contribution in [0.1, 0.15) is 45.4 Å². The van der Waals surface area contributed by atoms with Crippen LogP contribution in [0.3, 0.4) is 0 Å². The summed E-state index contributed by atoms with van der Waals surface area (Å²) in [5.41, 5.74) is 0. The van der Waals surface area contributed by atoms with Gasteiger partial charge in [0, 0.05) is 32.0 Å². The van der Waals surface area contributed by atoms with Crippen molar-refractivity contribution in [3.63, 3.8) is 0 Å². The first-order valence-corrected chi connectivity index (χ1v) is 8.95. The third-order valence-electron chi connectivity index (χ3n) is 3.48. The Balaban J connectivity index is 2.37. The van der Waals surface area contributed by atoms with E-state index in [9.17, 15) is 18.0 Å². The highest BCUT2D eigenvalue weighted by Gasteiger charge is 2.28. The van der Waals surface area contributed by atoms with Gasteiger partial charge in [0.25, 0.3) is 0 Å². The van der Waals surface area contributed by atoms with Crippen molar-refractivity contribution < 1.29 is 23.1 Å². The van der Waals surface area contributed by atoms with E-state index in [2.05, 4.69) is 5.32 Å². The van der Waals surface area contributed by atoms with Gasteiger partial charge in [-0.15, -0.1) is 0 Å². The molecule has 1 aliphatic rings. The average molecular weight is 320 g/mol. The Morgan fingerprint density at radius 1 is 1.24 bits per heavy atom. The van der Waals surface area contributed by atoms with E-state index in [1.165, 1.54) is 4.31 Å². The maximum absolute atomic E-state index is 12.0. The van der Waals surface area contributed by atoms with Gasteiger partial charge >= 0.3 is 5.97 Å². The zero-order valence-electron chi connectivity index (χ0n) is 12.4. The topological polar surface area (TPSA) is 104 Å². The number of carboxylic acids is 1. The van der Waals surface area contributed by atoms with Gasteiger partial charge in [-0.3, -0.25) is 9.59 Å². The molecule has 0 aliphatic carbocycles. The van der Waals surface area contributed by atoms with E-state index < -0.39 is 16.0 Å². The summed E-state index contributed by atoms with van der Waals surface area (Å²) in [6, 6.07) is 0.0366. The molecule has 8 heteroatoms. The monoisotopic (exact) mass is 320 g/mol. The van der Waals surface area contributed by atoms with E-state index in [4.69, 9.17) is 5.11 Å². The molecule has 1 amide bonds. The fraction of sp³-hybridized carbons (Fsp3) is 0.846. The van der Waals surface area contributed by atoms with Crippen LogP contribution in [-0.4, -0.2) is 54.6 Å². The van der Waals surface area contributed by atoms with E-state index in [0.717, 1.165) is 6.42 Å². The number of nitrogens with zero attached hydrogens (tertiary/aromatic N) is 1. The molecule has 122 valence electrons. The lowest BCUT2D eigenvalue weighted by atomic mass is 10.1. The van der Waals surface area contributed by atoms with Gasteiger partial charge in [0.05, 0.1) is 5.75 Å². The molecule has 1 aliphatic heterocycles. The number of carboxylic acid groups (broad SMARTS) is 1. The fourth-order valence-electron chi connectivity index (χ4n) is 2.34. The average Bonchev–Trinajstić information content (AvgIpc) is 2.38. The number of amides is 1. The van der Waals surface area contributed by atoms with Crippen LogP contribution < -0.4 is 5.32 Å². The highest BCUT2D eigenvalue weighted by molar-refractivity contribution is 7.89. The molecule has 7 nitrogen and oxygen atoms in total. The number of carbonyl (C=O) groups excluding carboxylic acids is 1. The molecule has 1 saturated heterocycles. The fourth-order valence-corrected chi connectivity index (χ4v) is 3.87. The maximum Gasteiger partial charge on any atom is 0.303 e. The second kappa shape index (κ2) is 8.33. The minimum absolute atomic E-state index is 0.0141. The molecule has 0 aromatic heterocycles. The molecule has 0 aromatic rings. The Kier molecular flexibility index (Phi) is 7.10. The van der Waals surface area contributed by atoms with Crippen molar-refractivity contribution in [3.8, 4) is 0 Å². The van der Waals surface area contributed by atoms with Crippen molar-refractivity contribution in [1.29, 1.82) is 0 Å². The quantitative estimate of drug-likeness (QED) is 0.680. The summed E-state index contributed by atoms with van der Waals surface area (Å²) in [6.07, 6.45) is 2.49. The van der Waals surface area contributed by atoms with Crippen LogP contribution in [0.15, 0.2) is 0 Å². The number of rotatable bonds is 8. The number of hydrogen-bond donors (Lipinski definition) is 2. The summed E-state index contributed by atoms with van der Waals surface area (Å²) in [5.74, 6) is -1.10. The Morgan fingerprint density at radius 2 is 1.86 bits per heavy atom. The standard InChI is InChI=1S/C13H24N2O5S/c1-2-4-12(16)14-11-6-8-15(9-7-11)21(19,20)10-3-5-13(17)18/h11H,2-10H2,1H3,(H,14,16)(H,17,18). The molecule has 0 unspecified atom stereocenters. The van der Waals surface area contributed by atoms with Crippen molar-refractivity contribution in [3.05, 3.63) is 0 Å². The zero-order valence-corrected chi connectivity index (χ0v) is 13.2. The van der Waals surface area contributed by atoms with E-state index in [1.54, 1.807) is 0 Å². The molecule has 1 heterocycles. The molecule has 0 radical (unpaired) electrons. The molecule has 0 bridgehead atoms. The summed E-state index contributed by atoms with van der Waals surface area (Å²) >= 11 is 0. The molecule has 0 spiro atoms. The smallest absolute Gasteiger partial charge is 0.303 e. The Hall–Kier alpha value is -1.15. The number of nitrogens with one attached hydrogen (secondary N) is 1. The maximum atomic E-state index is 12.0. The van der Waals surface area contributed by atoms with Crippen LogP contribution in [0.2, 0.25) is 0 Å². The summed E-state index contributed by atoms with van der Waals surface area (Å²) in [5, 5.41) is 11.4. The summed E-state index contributed by atoms with van der Waals surface area (Å²) in [7, 11) is -3.38. The van der Waals surface area contributed by atoms with Crippen LogP contribution >= 0.6 is 0 Å². The van der Waals surface area contributed by atoms with Crippen LogP contribution in [0, 0.1) is 0 Å². The lowest BCUT2D eigenvalue weighted by Gasteiger charge is -2.31. The molecule has 0 atom stereocenters. The van der Waals surface area contributed by atoms with E-state index in [-0.39, 0.29) is 30.5 Å². The van der Waals surface area contributed by atoms with Crippen molar-refractivity contribution in [2.24, 2.45) is 0 Å². The van der Waals surface area contributed by atoms with Crippen LogP contribution in [0.4, 0.5) is 0 Å². The highest BCUT2D eigenvalue weighted by atomic mass is 32.2. The number of carbonyl (C=O) groups is 2. The second-order valence-corrected chi connectivity index (χ2v) is 7.39. The van der Waals surface area contributed by atoms with Gasteiger partial charge < -0.3 is 10.4 Å². The van der Waals surface area contributed by atoms with E-state index in [0.29, 0.717) is 32.4 Å². The first-order chi connectivity index (χ1) is 9.85. The molecule has 0 saturated carbocycles. The molecular weight excluding hydrogens is 296 g/mol. The van der Waals surface area contributed by atoms with Gasteiger partial charge in [-0.1, -0.05) is 6.92 Å². The zero-order chi connectivity index (χ0) is 15.9. The minimum Gasteiger partial charge on any atom is -0.481 e. The minimum atomic E-state index is -3.38. The number of hydrogen-bond acceptors (Lipinski definition) is 4. The Bertz CT molecular complexity index is 455. The van der Waals surface area contributed by atoms with Crippen LogP contribution in [0.25, 0.3) is 0 Å². The predicted molar refractivity (Wildman–Crippen MR) is 78.3 cm³/mol. The largest absolute Gasteiger partial charge is 0.481 e. The Labute approximate surface area is 125 Å². The second-order valence-electron chi connectivity index (χ2n) is 5.30. The van der Waals surface area contributed by atoms with Crippen molar-refractivity contribution in [2.45, 2.75) is 51.5 Å². The first-order valence-electron chi connectivity index (χ1n) is 7.34. The lowest BCUT2D eigenvalue weighted by Crippen LogP contribution is -2.47. The van der Waals surface area contributed by atoms with Gasteiger partial charge in [-0.25, -0.2) is 12.7 Å². The number of piperidine rings is 1. The first kappa shape index (κ1) is 17.9. The molecule has 1 fully saturated rings. The molecule has 1 rings (SSSR count). The Morgan fingerprint density at radius 3 is 2.38 bits per heavy atom. The molecular formula is C13H24N2O5S. The van der Waals surface area contributed by atoms with E-state index >= 15 is 0 Å². The summed E-state index contributed by atoms with van der Waals surface area (Å²) in [6.45, 7) is 2.70. The van der Waals surface area contributed by atoms with E-state index in [1.807, 2.05) is 6.92 Å². The van der Waals surface area contributed by atoms with Crippen molar-refractivity contribution >= 4 is 21.9 Å². The predicted octanol–water partition coefficient (Wildman–Crippen LogP) is 0.562. The van der Waals surface area contributed by atoms with Gasteiger partial charge in [0.15, 0.2) is 0 Å². The SMILES string of the molecule is CCCC(=O)NC1CCN(S(=O)(=O)CCCC(=O)O)CC1. The van der Waals surface area contributed by atoms with Crippen LogP contribution in [0.5, 0.6) is 0 Å². The third-order valence-corrected chi connectivity index (χ3v) is 5.44. The summed E-state index contributed by atoms with van der Waals surface area (Å²) in [4.78, 5) is 21.9. The highest BCUT2D eigenvalue weighted by Crippen LogP contribution is 2.15. The molecule has 21 heavy (non-hydrogen) atoms. The van der Waals surface area contributed by atoms with Gasteiger partial charge in [0.2, 0.25) is 15.9 Å². The lowest BCUT2D eigenvalue weighted by molar-refractivity contribution is -0.137. The van der Waals surface area contributed by atoms with Crippen molar-refractivity contribution in [2.75, 3.05) is 18.8 Å². The normalized spacial score (nSPS) is 17.6. The number of aliphatic carboxylic acids is 1. The van der Waals surface area contributed by atoms with Gasteiger partial charge in [0.1, 0.15) is 0 Å². The van der Waals surface area contributed by atoms with Gasteiger partial charge in [-0.05, 0) is 25.7 Å². The molecule has 2 N–H and O–H groups in total. The third kappa shape index (κ3) is 6.43. The van der Waals surface area contributed by atoms with Crippen molar-refractivity contribution in [1.82, 2.24) is 9.62 Å². The summed E-state index contributed by atoms with van der Waals surface area (Å²) < 4.78 is 25.5. The van der Waals surface area contributed by atoms with Gasteiger partial charge in [-0.2, -0.15) is 0 Å². The number of sulfonamides is 1. The molecule has 0 aromatic carbocycles. The van der Waals surface area contributed by atoms with Crippen LogP contribution in [-0.2, 0) is 19.6 Å².